The van der Waals surface area contributed by atoms with Gasteiger partial charge in [0, 0.05) is 11.6 Å². The lowest BCUT2D eigenvalue weighted by molar-refractivity contribution is -0.122. The maximum absolute atomic E-state index is 13.4. The van der Waals surface area contributed by atoms with Crippen LogP contribution in [0.1, 0.15) is 67.9 Å². The first kappa shape index (κ1) is 21.8. The number of aryl methyl sites for hydroxylation is 1. The minimum Gasteiger partial charge on any atom is -0.323 e. The average Bonchev–Trinajstić information content (AvgIpc) is 3.02. The van der Waals surface area contributed by atoms with E-state index in [1.807, 2.05) is 63.2 Å². The second kappa shape index (κ2) is 8.82. The predicted octanol–water partition coefficient (Wildman–Crippen LogP) is 4.69. The van der Waals surface area contributed by atoms with E-state index >= 15 is 0 Å². The molecular weight excluding hydrogens is 376 g/mol. The summed E-state index contributed by atoms with van der Waals surface area (Å²) in [7, 11) is 0. The van der Waals surface area contributed by atoms with Crippen LogP contribution < -0.4 is 4.90 Å². The van der Waals surface area contributed by atoms with Crippen LogP contribution in [0.2, 0.25) is 0 Å². The van der Waals surface area contributed by atoms with Crippen molar-refractivity contribution >= 4 is 23.4 Å². The van der Waals surface area contributed by atoms with Gasteiger partial charge in [-0.15, -0.1) is 0 Å². The van der Waals surface area contributed by atoms with E-state index in [9.17, 15) is 14.4 Å². The van der Waals surface area contributed by atoms with Crippen molar-refractivity contribution < 1.29 is 14.4 Å². The van der Waals surface area contributed by atoms with Gasteiger partial charge in [-0.1, -0.05) is 51.1 Å². The Kier molecular flexibility index (Phi) is 6.40. The van der Waals surface area contributed by atoms with Crippen molar-refractivity contribution in [3.63, 3.8) is 0 Å². The van der Waals surface area contributed by atoms with E-state index in [4.69, 9.17) is 0 Å². The summed E-state index contributed by atoms with van der Waals surface area (Å²) in [6.45, 7) is 9.98. The van der Waals surface area contributed by atoms with Gasteiger partial charge in [0.1, 0.15) is 6.04 Å². The summed E-state index contributed by atoms with van der Waals surface area (Å²) in [4.78, 5) is 42.4. The summed E-state index contributed by atoms with van der Waals surface area (Å²) in [6, 6.07) is 13.9. The summed E-state index contributed by atoms with van der Waals surface area (Å²) < 4.78 is 0. The van der Waals surface area contributed by atoms with Gasteiger partial charge in [-0.25, -0.2) is 4.90 Å². The van der Waals surface area contributed by atoms with Crippen LogP contribution in [0, 0.1) is 6.92 Å². The molecule has 0 aliphatic carbocycles. The lowest BCUT2D eigenvalue weighted by Gasteiger charge is -2.33. The van der Waals surface area contributed by atoms with E-state index in [-0.39, 0.29) is 30.2 Å². The molecule has 30 heavy (non-hydrogen) atoms. The molecule has 1 saturated heterocycles. The quantitative estimate of drug-likeness (QED) is 0.654. The van der Waals surface area contributed by atoms with Crippen LogP contribution in [0.25, 0.3) is 0 Å². The number of hydrogen-bond donors (Lipinski definition) is 0. The van der Waals surface area contributed by atoms with E-state index in [1.54, 1.807) is 11.0 Å². The van der Waals surface area contributed by atoms with Gasteiger partial charge >= 0.3 is 0 Å². The highest BCUT2D eigenvalue weighted by atomic mass is 16.2. The molecule has 5 heteroatoms. The molecule has 3 rings (SSSR count). The number of carbonyl (C=O) groups excluding carboxylic acids is 3. The summed E-state index contributed by atoms with van der Waals surface area (Å²) >= 11 is 0. The van der Waals surface area contributed by atoms with Crippen LogP contribution in [-0.2, 0) is 9.59 Å². The molecule has 0 spiro atoms. The summed E-state index contributed by atoms with van der Waals surface area (Å²) in [5.41, 5.74) is 3.13. The lowest BCUT2D eigenvalue weighted by Crippen LogP contribution is -2.49. The van der Waals surface area contributed by atoms with Crippen molar-refractivity contribution in [2.75, 3.05) is 4.90 Å². The number of amides is 3. The molecule has 1 aliphatic heterocycles. The number of nitrogens with zero attached hydrogens (tertiary/aromatic N) is 2. The maximum atomic E-state index is 13.4. The molecule has 0 N–H and O–H groups in total. The second-order valence-corrected chi connectivity index (χ2v) is 8.32. The van der Waals surface area contributed by atoms with Crippen LogP contribution in [0.15, 0.2) is 48.5 Å². The highest BCUT2D eigenvalue weighted by Crippen LogP contribution is 2.30. The lowest BCUT2D eigenvalue weighted by atomic mass is 10.0. The molecule has 2 unspecified atom stereocenters. The Hall–Kier alpha value is -2.95. The number of anilines is 1. The van der Waals surface area contributed by atoms with E-state index in [2.05, 4.69) is 13.8 Å². The smallest absolute Gasteiger partial charge is 0.257 e. The molecule has 0 bridgehead atoms. The minimum absolute atomic E-state index is 0.00667. The highest BCUT2D eigenvalue weighted by Gasteiger charge is 2.45. The Bertz CT molecular complexity index is 949. The van der Waals surface area contributed by atoms with Gasteiger partial charge in [0.15, 0.2) is 0 Å². The molecule has 2 atom stereocenters. The monoisotopic (exact) mass is 406 g/mol. The Morgan fingerprint density at radius 3 is 2.27 bits per heavy atom. The molecule has 3 amide bonds. The third kappa shape index (κ3) is 4.02. The number of benzene rings is 2. The zero-order valence-corrected chi connectivity index (χ0v) is 18.4. The summed E-state index contributed by atoms with van der Waals surface area (Å²) in [6.07, 6.45) is 0.700. The average molecular weight is 407 g/mol. The molecule has 1 heterocycles. The van der Waals surface area contributed by atoms with Gasteiger partial charge < -0.3 is 4.90 Å². The third-order valence-electron chi connectivity index (χ3n) is 5.95. The van der Waals surface area contributed by atoms with E-state index in [1.165, 1.54) is 4.90 Å². The van der Waals surface area contributed by atoms with Crippen molar-refractivity contribution in [3.05, 3.63) is 65.2 Å². The fraction of sp³-hybridized carbons (Fsp3) is 0.400. The standard InChI is InChI=1S/C25H30N2O3/c1-6-18(5)26(24(29)21-10-8-7-9-17(21)4)22-15-23(28)27(25(22)30)20-13-11-19(12-14-20)16(2)3/h7-14,16,18,22H,6,15H2,1-5H3. The molecule has 0 saturated carbocycles. The second-order valence-electron chi connectivity index (χ2n) is 8.32. The molecule has 1 aliphatic rings. The van der Waals surface area contributed by atoms with E-state index in [0.29, 0.717) is 23.6 Å². The number of rotatable bonds is 6. The van der Waals surface area contributed by atoms with Gasteiger partial charge in [0.2, 0.25) is 5.91 Å². The first-order chi connectivity index (χ1) is 14.3. The molecule has 2 aromatic rings. The Labute approximate surface area is 178 Å². The van der Waals surface area contributed by atoms with Gasteiger partial charge in [-0.2, -0.15) is 0 Å². The van der Waals surface area contributed by atoms with Gasteiger partial charge in [-0.3, -0.25) is 14.4 Å². The minimum atomic E-state index is -0.788. The highest BCUT2D eigenvalue weighted by molar-refractivity contribution is 6.23. The first-order valence-electron chi connectivity index (χ1n) is 10.6. The SMILES string of the molecule is CCC(C)N(C(=O)c1ccccc1C)C1CC(=O)N(c2ccc(C(C)C)cc2)C1=O. The van der Waals surface area contributed by atoms with Crippen LogP contribution >= 0.6 is 0 Å². The Balaban J connectivity index is 1.94. The van der Waals surface area contributed by atoms with Crippen LogP contribution in [0.4, 0.5) is 5.69 Å². The molecule has 158 valence electrons. The molecule has 0 radical (unpaired) electrons. The van der Waals surface area contributed by atoms with Crippen LogP contribution in [0.5, 0.6) is 0 Å². The van der Waals surface area contributed by atoms with Crippen molar-refractivity contribution in [2.45, 2.75) is 65.5 Å². The Morgan fingerprint density at radius 1 is 1.07 bits per heavy atom. The zero-order valence-electron chi connectivity index (χ0n) is 18.4. The third-order valence-corrected chi connectivity index (χ3v) is 5.95. The van der Waals surface area contributed by atoms with Crippen LogP contribution in [0.3, 0.4) is 0 Å². The molecule has 5 nitrogen and oxygen atoms in total. The van der Waals surface area contributed by atoms with E-state index in [0.717, 1.165) is 11.1 Å². The molecule has 1 fully saturated rings. The molecular formula is C25H30N2O3. The number of imide groups is 1. The van der Waals surface area contributed by atoms with E-state index < -0.39 is 6.04 Å². The van der Waals surface area contributed by atoms with Gasteiger partial charge in [0.25, 0.3) is 11.8 Å². The zero-order chi connectivity index (χ0) is 22.0. The number of hydrogen-bond acceptors (Lipinski definition) is 3. The Morgan fingerprint density at radius 2 is 1.70 bits per heavy atom. The maximum Gasteiger partial charge on any atom is 0.257 e. The fourth-order valence-corrected chi connectivity index (χ4v) is 3.91. The largest absolute Gasteiger partial charge is 0.323 e. The van der Waals surface area contributed by atoms with Crippen molar-refractivity contribution in [3.8, 4) is 0 Å². The number of carbonyl (C=O) groups is 3. The van der Waals surface area contributed by atoms with Crippen molar-refractivity contribution in [1.82, 2.24) is 4.90 Å². The molecule has 0 aromatic heterocycles. The predicted molar refractivity (Wildman–Crippen MR) is 119 cm³/mol. The fourth-order valence-electron chi connectivity index (χ4n) is 3.91. The summed E-state index contributed by atoms with van der Waals surface area (Å²) in [5.74, 6) is -0.442. The first-order valence-corrected chi connectivity index (χ1v) is 10.6. The van der Waals surface area contributed by atoms with Crippen LogP contribution in [-0.4, -0.2) is 34.7 Å². The van der Waals surface area contributed by atoms with Gasteiger partial charge in [0.05, 0.1) is 12.1 Å². The topological polar surface area (TPSA) is 57.7 Å². The van der Waals surface area contributed by atoms with Crippen molar-refractivity contribution in [2.24, 2.45) is 0 Å². The summed E-state index contributed by atoms with van der Waals surface area (Å²) in [5, 5.41) is 0. The van der Waals surface area contributed by atoms with Gasteiger partial charge in [-0.05, 0) is 55.5 Å². The van der Waals surface area contributed by atoms with Crippen molar-refractivity contribution in [1.29, 1.82) is 0 Å². The normalized spacial score (nSPS) is 17.5. The molecule has 2 aromatic carbocycles.